The second kappa shape index (κ2) is 14.4. The summed E-state index contributed by atoms with van der Waals surface area (Å²) >= 11 is 0. The molecule has 7 unspecified atom stereocenters. The third-order valence-electron chi connectivity index (χ3n) is 11.8. The molecule has 4 bridgehead atoms. The highest BCUT2D eigenvalue weighted by molar-refractivity contribution is 8.76. The number of fused-ring (bicyclic) bond motifs is 6. The van der Waals surface area contributed by atoms with Gasteiger partial charge in [-0.2, -0.15) is 0 Å². The Morgan fingerprint density at radius 2 is 1.57 bits per heavy atom. The average Bonchev–Trinajstić information content (AvgIpc) is 3.04. The van der Waals surface area contributed by atoms with Gasteiger partial charge in [-0.1, -0.05) is 114 Å². The van der Waals surface area contributed by atoms with E-state index in [0.717, 1.165) is 43.4 Å². The van der Waals surface area contributed by atoms with E-state index in [0.29, 0.717) is 28.9 Å². The van der Waals surface area contributed by atoms with Crippen LogP contribution < -0.4 is 10.4 Å². The SMILES string of the molecule is CC1CC=CC(C)(C2CC3CSSCC(C4C=c5ccccc5=CC4)CCc4ccccc4Cc4cc(O)cc(c4)CC(C3)C2)C1. The monoisotopic (exact) mass is 648 g/mol. The van der Waals surface area contributed by atoms with Crippen molar-refractivity contribution in [3.63, 3.8) is 0 Å². The molecule has 46 heavy (non-hydrogen) atoms. The summed E-state index contributed by atoms with van der Waals surface area (Å²) < 4.78 is 0. The van der Waals surface area contributed by atoms with Crippen LogP contribution >= 0.6 is 21.6 Å². The van der Waals surface area contributed by atoms with Gasteiger partial charge in [-0.3, -0.25) is 0 Å². The molecule has 7 atom stereocenters. The van der Waals surface area contributed by atoms with E-state index in [2.05, 4.69) is 120 Å². The van der Waals surface area contributed by atoms with Gasteiger partial charge in [0, 0.05) is 11.5 Å². The van der Waals surface area contributed by atoms with Crippen LogP contribution in [0, 0.1) is 40.9 Å². The number of benzene rings is 3. The maximum atomic E-state index is 10.9. The van der Waals surface area contributed by atoms with Crippen LogP contribution in [0.4, 0.5) is 0 Å². The highest BCUT2D eigenvalue weighted by Gasteiger charge is 2.40. The van der Waals surface area contributed by atoms with Crippen molar-refractivity contribution in [2.24, 2.45) is 40.9 Å². The highest BCUT2D eigenvalue weighted by atomic mass is 33.1. The quantitative estimate of drug-likeness (QED) is 0.221. The Labute approximate surface area is 285 Å². The summed E-state index contributed by atoms with van der Waals surface area (Å²) in [6.07, 6.45) is 22.2. The zero-order valence-electron chi connectivity index (χ0n) is 27.9. The van der Waals surface area contributed by atoms with Crippen LogP contribution in [-0.4, -0.2) is 16.6 Å². The van der Waals surface area contributed by atoms with Crippen LogP contribution in [-0.2, 0) is 19.3 Å². The van der Waals surface area contributed by atoms with Crippen LogP contribution in [0.25, 0.3) is 12.2 Å². The molecule has 0 amide bonds. The Morgan fingerprint density at radius 1 is 0.804 bits per heavy atom. The molecule has 3 aliphatic carbocycles. The van der Waals surface area contributed by atoms with Crippen molar-refractivity contribution in [1.82, 2.24) is 0 Å². The molecule has 0 spiro atoms. The lowest BCUT2D eigenvalue weighted by molar-refractivity contribution is 0.0932. The van der Waals surface area contributed by atoms with E-state index in [-0.39, 0.29) is 0 Å². The Hall–Kier alpha value is -2.36. The molecule has 3 heteroatoms. The van der Waals surface area contributed by atoms with Crippen molar-refractivity contribution in [2.45, 2.75) is 78.1 Å². The van der Waals surface area contributed by atoms with E-state index in [1.54, 1.807) is 0 Å². The Balaban J connectivity index is 1.18. The molecule has 7 rings (SSSR count). The Morgan fingerprint density at radius 3 is 2.43 bits per heavy atom. The number of aromatic hydroxyl groups is 1. The van der Waals surface area contributed by atoms with Crippen LogP contribution in [0.5, 0.6) is 5.75 Å². The van der Waals surface area contributed by atoms with E-state index in [1.807, 2.05) is 6.07 Å². The minimum Gasteiger partial charge on any atom is -0.508 e. The Kier molecular flexibility index (Phi) is 10.1. The predicted octanol–water partition coefficient (Wildman–Crippen LogP) is 9.78. The number of phenols is 1. The Bertz CT molecular complexity index is 1660. The molecule has 1 fully saturated rings. The van der Waals surface area contributed by atoms with Crippen LogP contribution in [0.2, 0.25) is 0 Å². The highest BCUT2D eigenvalue weighted by Crippen LogP contribution is 2.51. The molecule has 0 radical (unpaired) electrons. The smallest absolute Gasteiger partial charge is 0.116 e. The van der Waals surface area contributed by atoms with Crippen molar-refractivity contribution in [3.8, 4) is 5.75 Å². The molecule has 3 aromatic rings. The van der Waals surface area contributed by atoms with Gasteiger partial charge in [0.25, 0.3) is 0 Å². The van der Waals surface area contributed by atoms with Gasteiger partial charge in [0.2, 0.25) is 0 Å². The predicted molar refractivity (Wildman–Crippen MR) is 200 cm³/mol. The van der Waals surface area contributed by atoms with Crippen molar-refractivity contribution in [2.75, 3.05) is 11.5 Å². The molecule has 1 nitrogen and oxygen atoms in total. The lowest BCUT2D eigenvalue weighted by Gasteiger charge is -2.46. The molecule has 1 N–H and O–H groups in total. The average molecular weight is 649 g/mol. The van der Waals surface area contributed by atoms with Gasteiger partial charge in [0.15, 0.2) is 0 Å². The fraction of sp³-hybridized carbons (Fsp3) is 0.488. The van der Waals surface area contributed by atoms with Gasteiger partial charge in [-0.15, -0.1) is 0 Å². The molecular weight excluding hydrogens is 597 g/mol. The summed E-state index contributed by atoms with van der Waals surface area (Å²) in [5.41, 5.74) is 5.78. The topological polar surface area (TPSA) is 20.2 Å². The second-order valence-electron chi connectivity index (χ2n) is 15.5. The molecule has 0 saturated heterocycles. The number of phenolic OH excluding ortho intramolecular Hbond substituents is 1. The van der Waals surface area contributed by atoms with E-state index in [9.17, 15) is 5.11 Å². The number of rotatable bonds is 2. The van der Waals surface area contributed by atoms with E-state index in [1.165, 1.54) is 82.7 Å². The van der Waals surface area contributed by atoms with Gasteiger partial charge in [-0.25, -0.2) is 0 Å². The summed E-state index contributed by atoms with van der Waals surface area (Å²) in [5, 5.41) is 13.7. The molecule has 0 aromatic heterocycles. The molecule has 3 aromatic carbocycles. The van der Waals surface area contributed by atoms with E-state index in [4.69, 9.17) is 0 Å². The zero-order chi connectivity index (χ0) is 31.5. The molecule has 1 heterocycles. The maximum Gasteiger partial charge on any atom is 0.116 e. The summed E-state index contributed by atoms with van der Waals surface area (Å²) in [7, 11) is 4.33. The molecule has 1 aliphatic heterocycles. The van der Waals surface area contributed by atoms with Gasteiger partial charge in [0.1, 0.15) is 5.75 Å². The normalized spacial score (nSPS) is 31.8. The first-order chi connectivity index (χ1) is 22.4. The number of aryl methyl sites for hydroxylation is 1. The van der Waals surface area contributed by atoms with Crippen LogP contribution in [0.15, 0.2) is 78.9 Å². The number of hydrogen-bond donors (Lipinski definition) is 1. The van der Waals surface area contributed by atoms with Crippen LogP contribution in [0.1, 0.15) is 81.0 Å². The zero-order valence-corrected chi connectivity index (χ0v) is 29.5. The van der Waals surface area contributed by atoms with Crippen molar-refractivity contribution in [1.29, 1.82) is 0 Å². The maximum absolute atomic E-state index is 10.9. The standard InChI is InChI=1S/C43H52OS2/c1-30-8-7-17-43(2,27-30)41-22-31-18-32-19-33(25-42(44)24-32)21-37-11-5-3-9-35(37)14-16-40(29-46-45-28-34(20-31)23-41)39-15-13-36-10-4-6-12-38(36)26-39/h3-7,9-13,17,19,24-26,30-31,34,39-41,44H,8,14-16,18,20-23,27-29H2,1-2H3. The molecule has 242 valence electrons. The molecular formula is C43H52OS2. The lowest BCUT2D eigenvalue weighted by Crippen LogP contribution is -2.37. The fourth-order valence-corrected chi connectivity index (χ4v) is 12.4. The van der Waals surface area contributed by atoms with Crippen molar-refractivity contribution in [3.05, 3.63) is 112 Å². The van der Waals surface area contributed by atoms with Crippen LogP contribution in [0.3, 0.4) is 0 Å². The minimum atomic E-state index is 0.313. The van der Waals surface area contributed by atoms with Gasteiger partial charge < -0.3 is 5.11 Å². The fourth-order valence-electron chi connectivity index (χ4n) is 9.45. The molecule has 1 saturated carbocycles. The molecule has 4 aliphatic rings. The minimum absolute atomic E-state index is 0.313. The summed E-state index contributed by atoms with van der Waals surface area (Å²) in [6, 6.07) is 24.5. The summed E-state index contributed by atoms with van der Waals surface area (Å²) in [4.78, 5) is 0. The van der Waals surface area contributed by atoms with Crippen molar-refractivity contribution >= 4 is 33.7 Å². The largest absolute Gasteiger partial charge is 0.508 e. The van der Waals surface area contributed by atoms with Gasteiger partial charge >= 0.3 is 0 Å². The van der Waals surface area contributed by atoms with Crippen molar-refractivity contribution < 1.29 is 5.11 Å². The van der Waals surface area contributed by atoms with E-state index >= 15 is 0 Å². The first-order valence-electron chi connectivity index (χ1n) is 18.0. The van der Waals surface area contributed by atoms with E-state index < -0.39 is 0 Å². The number of hydrogen-bond acceptors (Lipinski definition) is 3. The summed E-state index contributed by atoms with van der Waals surface area (Å²) in [5.74, 6) is 7.11. The lowest BCUT2D eigenvalue weighted by atomic mass is 9.60. The van der Waals surface area contributed by atoms with Gasteiger partial charge in [0.05, 0.1) is 0 Å². The first kappa shape index (κ1) is 32.2. The van der Waals surface area contributed by atoms with Gasteiger partial charge in [-0.05, 0) is 150 Å². The second-order valence-corrected chi connectivity index (χ2v) is 18.1. The third-order valence-corrected chi connectivity index (χ3v) is 14.4. The number of allylic oxidation sites excluding steroid dienone is 2. The summed E-state index contributed by atoms with van der Waals surface area (Å²) in [6.45, 7) is 5.01. The first-order valence-corrected chi connectivity index (χ1v) is 20.5. The third kappa shape index (κ3) is 7.68.